The molecule has 0 saturated heterocycles. The lowest BCUT2D eigenvalue weighted by Gasteiger charge is -2.01. The second-order valence-electron chi connectivity index (χ2n) is 3.59. The van der Waals surface area contributed by atoms with Crippen LogP contribution in [0.4, 0.5) is 0 Å². The Kier molecular flexibility index (Phi) is 11.1. The van der Waals surface area contributed by atoms with E-state index in [9.17, 15) is 19.2 Å². The molecule has 0 bridgehead atoms. The van der Waals surface area contributed by atoms with Crippen molar-refractivity contribution in [2.75, 3.05) is 0 Å². The lowest BCUT2D eigenvalue weighted by molar-refractivity contribution is -0.140. The van der Waals surface area contributed by atoms with E-state index < -0.39 is 29.9 Å². The van der Waals surface area contributed by atoms with E-state index in [1.807, 2.05) is 0 Å². The maximum atomic E-state index is 10.0. The summed E-state index contributed by atoms with van der Waals surface area (Å²) in [5.74, 6) is -3.54. The summed E-state index contributed by atoms with van der Waals surface area (Å²) >= 11 is 0. The highest BCUT2D eigenvalue weighted by atomic mass is 16.4. The van der Waals surface area contributed by atoms with Gasteiger partial charge in [-0.2, -0.15) is 0 Å². The van der Waals surface area contributed by atoms with Crippen LogP contribution in [0.3, 0.4) is 0 Å². The fourth-order valence-electron chi connectivity index (χ4n) is 0.816. The Hall–Kier alpha value is -2.16. The number of carbonyl (C=O) groups excluding carboxylic acids is 1. The molecule has 0 radical (unpaired) electrons. The standard InChI is InChI=1S/C5H9NO4.C5H9NO3/c6-3(5(9)10)1-2-4(7)8;6-4(7)2-1-3-5(8)9/h3H,1-2,6H2,(H,7,8)(H,9,10);1-3H2,(H2,6,7)(H,8,9)/t3-;/m0./s1. The van der Waals surface area contributed by atoms with Crippen LogP contribution in [-0.2, 0) is 19.2 Å². The van der Waals surface area contributed by atoms with Crippen molar-refractivity contribution in [2.45, 2.75) is 38.1 Å². The molecule has 0 spiro atoms. The zero-order valence-corrected chi connectivity index (χ0v) is 10.2. The summed E-state index contributed by atoms with van der Waals surface area (Å²) in [6, 6.07) is -1.06. The van der Waals surface area contributed by atoms with E-state index in [0.717, 1.165) is 0 Å². The van der Waals surface area contributed by atoms with Crippen LogP contribution in [0, 0.1) is 0 Å². The van der Waals surface area contributed by atoms with Gasteiger partial charge in [-0.15, -0.1) is 0 Å². The van der Waals surface area contributed by atoms with Crippen LogP contribution >= 0.6 is 0 Å². The summed E-state index contributed by atoms with van der Waals surface area (Å²) in [6.07, 6.45) is 0.290. The molecule has 0 aliphatic heterocycles. The predicted octanol–water partition coefficient (Wildman–Crippen LogP) is -1.01. The molecular formula is C10H18N2O7. The van der Waals surface area contributed by atoms with Crippen LogP contribution in [0.5, 0.6) is 0 Å². The number of hydrogen-bond donors (Lipinski definition) is 5. The second kappa shape index (κ2) is 11.0. The number of carboxylic acid groups (broad SMARTS) is 3. The van der Waals surface area contributed by atoms with Gasteiger partial charge in [0.25, 0.3) is 0 Å². The SMILES string of the molecule is NC(=O)CCCC(=O)O.N[C@@H](CCC(=O)O)C(=O)O. The number of rotatable bonds is 8. The first-order valence-corrected chi connectivity index (χ1v) is 5.37. The molecule has 9 nitrogen and oxygen atoms in total. The lowest BCUT2D eigenvalue weighted by Crippen LogP contribution is -2.30. The predicted molar refractivity (Wildman–Crippen MR) is 63.2 cm³/mol. The van der Waals surface area contributed by atoms with Crippen molar-refractivity contribution in [3.8, 4) is 0 Å². The first kappa shape index (κ1) is 19.2. The number of carboxylic acids is 3. The average Bonchev–Trinajstić information content (AvgIpc) is 2.25. The van der Waals surface area contributed by atoms with Gasteiger partial charge in [-0.05, 0) is 12.8 Å². The molecular weight excluding hydrogens is 260 g/mol. The third-order valence-electron chi connectivity index (χ3n) is 1.80. The van der Waals surface area contributed by atoms with Crippen molar-refractivity contribution in [1.82, 2.24) is 0 Å². The molecule has 0 heterocycles. The maximum absolute atomic E-state index is 10.0. The van der Waals surface area contributed by atoms with E-state index >= 15 is 0 Å². The molecule has 0 aromatic heterocycles. The van der Waals surface area contributed by atoms with Crippen molar-refractivity contribution < 1.29 is 34.5 Å². The Morgan fingerprint density at radius 3 is 1.68 bits per heavy atom. The van der Waals surface area contributed by atoms with Gasteiger partial charge < -0.3 is 26.8 Å². The summed E-state index contributed by atoms with van der Waals surface area (Å²) < 4.78 is 0. The molecule has 0 aliphatic carbocycles. The van der Waals surface area contributed by atoms with Gasteiger partial charge in [-0.1, -0.05) is 0 Å². The molecule has 1 amide bonds. The Morgan fingerprint density at radius 2 is 1.37 bits per heavy atom. The van der Waals surface area contributed by atoms with Gasteiger partial charge >= 0.3 is 17.9 Å². The van der Waals surface area contributed by atoms with Crippen molar-refractivity contribution >= 4 is 23.8 Å². The monoisotopic (exact) mass is 278 g/mol. The molecule has 0 aliphatic rings. The maximum Gasteiger partial charge on any atom is 0.320 e. The molecule has 0 saturated carbocycles. The van der Waals surface area contributed by atoms with Crippen LogP contribution in [0.1, 0.15) is 32.1 Å². The number of aliphatic carboxylic acids is 3. The van der Waals surface area contributed by atoms with Crippen LogP contribution < -0.4 is 11.5 Å². The van der Waals surface area contributed by atoms with Gasteiger partial charge in [0.15, 0.2) is 0 Å². The highest BCUT2D eigenvalue weighted by molar-refractivity contribution is 5.75. The van der Waals surface area contributed by atoms with Gasteiger partial charge in [-0.25, -0.2) is 0 Å². The zero-order valence-electron chi connectivity index (χ0n) is 10.2. The number of nitrogens with two attached hydrogens (primary N) is 2. The van der Waals surface area contributed by atoms with Gasteiger partial charge in [0, 0.05) is 19.3 Å². The van der Waals surface area contributed by atoms with Gasteiger partial charge in [-0.3, -0.25) is 19.2 Å². The minimum atomic E-state index is -1.17. The molecule has 110 valence electrons. The number of primary amides is 1. The fraction of sp³-hybridized carbons (Fsp3) is 0.600. The second-order valence-corrected chi connectivity index (χ2v) is 3.59. The van der Waals surface area contributed by atoms with Crippen LogP contribution in [0.15, 0.2) is 0 Å². The zero-order chi connectivity index (χ0) is 15.4. The Balaban J connectivity index is 0. The lowest BCUT2D eigenvalue weighted by atomic mass is 10.2. The summed E-state index contributed by atoms with van der Waals surface area (Å²) in [5, 5.41) is 24.3. The minimum Gasteiger partial charge on any atom is -0.481 e. The van der Waals surface area contributed by atoms with Gasteiger partial charge in [0.1, 0.15) is 6.04 Å². The summed E-state index contributed by atoms with van der Waals surface area (Å²) in [7, 11) is 0. The molecule has 19 heavy (non-hydrogen) atoms. The Morgan fingerprint density at radius 1 is 0.895 bits per heavy atom. The average molecular weight is 278 g/mol. The Bertz CT molecular complexity index is 316. The molecule has 0 rings (SSSR count). The van der Waals surface area contributed by atoms with Crippen LogP contribution in [0.2, 0.25) is 0 Å². The quantitative estimate of drug-likeness (QED) is 0.374. The topological polar surface area (TPSA) is 181 Å². The highest BCUT2D eigenvalue weighted by Crippen LogP contribution is 1.93. The van der Waals surface area contributed by atoms with Gasteiger partial charge in [0.05, 0.1) is 0 Å². The Labute approximate surface area is 109 Å². The highest BCUT2D eigenvalue weighted by Gasteiger charge is 2.12. The normalized spacial score (nSPS) is 10.8. The third-order valence-corrected chi connectivity index (χ3v) is 1.80. The third kappa shape index (κ3) is 18.4. The molecule has 9 heteroatoms. The van der Waals surface area contributed by atoms with Crippen molar-refractivity contribution in [3.05, 3.63) is 0 Å². The van der Waals surface area contributed by atoms with E-state index in [2.05, 4.69) is 0 Å². The van der Waals surface area contributed by atoms with E-state index in [1.165, 1.54) is 0 Å². The molecule has 0 aromatic rings. The van der Waals surface area contributed by atoms with Crippen molar-refractivity contribution in [2.24, 2.45) is 11.5 Å². The minimum absolute atomic E-state index is 0.0168. The molecule has 0 aromatic carbocycles. The molecule has 0 fully saturated rings. The summed E-state index contributed by atoms with van der Waals surface area (Å²) in [5.41, 5.74) is 9.75. The number of amides is 1. The van der Waals surface area contributed by atoms with Crippen LogP contribution in [0.25, 0.3) is 0 Å². The van der Waals surface area contributed by atoms with E-state index in [1.54, 1.807) is 0 Å². The molecule has 1 atom stereocenters. The fourth-order valence-corrected chi connectivity index (χ4v) is 0.816. The van der Waals surface area contributed by atoms with E-state index in [-0.39, 0.29) is 25.7 Å². The van der Waals surface area contributed by atoms with Crippen molar-refractivity contribution in [3.63, 3.8) is 0 Å². The van der Waals surface area contributed by atoms with E-state index in [0.29, 0.717) is 6.42 Å². The summed E-state index contributed by atoms with van der Waals surface area (Å²) in [6.45, 7) is 0. The van der Waals surface area contributed by atoms with Crippen LogP contribution in [-0.4, -0.2) is 45.2 Å². The molecule has 7 N–H and O–H groups in total. The number of hydrogen-bond acceptors (Lipinski definition) is 5. The largest absolute Gasteiger partial charge is 0.481 e. The van der Waals surface area contributed by atoms with Gasteiger partial charge in [0.2, 0.25) is 5.91 Å². The first-order valence-electron chi connectivity index (χ1n) is 5.37. The van der Waals surface area contributed by atoms with E-state index in [4.69, 9.17) is 26.8 Å². The smallest absolute Gasteiger partial charge is 0.320 e. The number of carbonyl (C=O) groups is 4. The summed E-state index contributed by atoms with van der Waals surface area (Å²) in [4.78, 5) is 39.7. The van der Waals surface area contributed by atoms with Crippen molar-refractivity contribution in [1.29, 1.82) is 0 Å². The first-order chi connectivity index (χ1) is 8.66. The molecule has 0 unspecified atom stereocenters.